The molecule has 3 spiro atoms. The Morgan fingerprint density at radius 2 is 0.581 bits per heavy atom. The molecule has 0 bridgehead atoms. The Morgan fingerprint density at radius 3 is 0.872 bits per heavy atom. The molecule has 1 aliphatic heterocycles. The number of para-hydroxylation sites is 1. The maximum atomic E-state index is 9.44. The monoisotopic (exact) mass is 1750 g/mol. The summed E-state index contributed by atoms with van der Waals surface area (Å²) in [5.74, 6) is 1.31. The van der Waals surface area contributed by atoms with Gasteiger partial charge in [0.15, 0.2) is 0 Å². The van der Waals surface area contributed by atoms with Gasteiger partial charge in [0.05, 0.1) is 16.2 Å². The van der Waals surface area contributed by atoms with Gasteiger partial charge in [0.2, 0.25) is 0 Å². The summed E-state index contributed by atoms with van der Waals surface area (Å²) < 4.78 is 23.9. The van der Waals surface area contributed by atoms with Gasteiger partial charge in [-0.15, -0.1) is 0 Å². The number of unbranched alkanes of at least 4 members (excludes halogenated alkanes) is 1. The molecule has 22 rings (SSSR count). The molecule has 15 aromatic rings. The normalized spacial score (nSPS) is 13.5. The van der Waals surface area contributed by atoms with Crippen molar-refractivity contribution in [2.45, 2.75) is 68.8 Å². The molecule has 2 N–H and O–H groups in total. The zero-order valence-corrected chi connectivity index (χ0v) is 71.2. The van der Waals surface area contributed by atoms with Crippen LogP contribution in [0, 0.1) is 10.5 Å². The molecule has 0 amide bonds. The minimum atomic E-state index is -0.446. The number of benzene rings is 15. The molecule has 13 heteroatoms. The summed E-state index contributed by atoms with van der Waals surface area (Å²) in [6, 6.07) is 123. The largest absolute Gasteiger partial charge is 1.00 e. The summed E-state index contributed by atoms with van der Waals surface area (Å²) in [7, 11) is 6.20. The molecule has 7 aliphatic rings. The smallest absolute Gasteiger partial charge is 0.537 e. The topological polar surface area (TPSA) is 77.4 Å². The molecule has 6 aliphatic carbocycles. The molecule has 0 atom stereocenters. The van der Waals surface area contributed by atoms with Gasteiger partial charge in [0.25, 0.3) is 8.05 Å². The third kappa shape index (κ3) is 14.5. The van der Waals surface area contributed by atoms with Crippen LogP contribution in [0.15, 0.2) is 355 Å². The van der Waals surface area contributed by atoms with Crippen LogP contribution in [0.1, 0.15) is 113 Å². The molecule has 0 saturated carbocycles. The number of ether oxygens (including phenoxy) is 1. The van der Waals surface area contributed by atoms with E-state index in [2.05, 4.69) is 378 Å². The van der Waals surface area contributed by atoms with Gasteiger partial charge in [-0.1, -0.05) is 345 Å². The standard InChI is InChI=1S/C31H20BO2.C31H19Br.C25H16BO2.C6H4BrI.C4H8O.C4H9.C3H7BO.Li/c33-32-34-29-19-8-4-13-23(29)25-15-9-14-24-22-12-3-7-18-28(22)31(30(24)25)26-16-5-1-10-20(26)21-11-2-6-17-27(21)31;32-29-19-8-4-13-23(29)25-15-9-14-24-22-12-3-7-18-28(22)31(30(24)25)26-16-5-1-10-20(26)21-11-2-6-17-27(21)31;27-26-28-23-15-7-11-19-18-10-3-6-14-22(18)25(24(19)23)20-12-4-1-8-16(20)17-9-2-5-13-21(17)25;7-5-3-1-2-4-6(5)8;1-2-4-5-3-1;1-3-4-2;1-3(2)5-4;/h1-19,33H;1-19H;1-15,27H;1-4H;1-4H2;1,3-4H2,2H3;3H,1-2H3;/q;;;;;-1;;+1. The van der Waals surface area contributed by atoms with Gasteiger partial charge in [0.1, 0.15) is 11.5 Å². The third-order valence-electron chi connectivity index (χ3n) is 23.0. The second-order valence-corrected chi connectivity index (χ2v) is 32.4. The van der Waals surface area contributed by atoms with Gasteiger partial charge >= 0.3 is 34.2 Å². The van der Waals surface area contributed by atoms with E-state index in [1.807, 2.05) is 62.4 Å². The first-order valence-electron chi connectivity index (χ1n) is 39.5. The van der Waals surface area contributed by atoms with Crippen LogP contribution in [0.5, 0.6) is 11.5 Å². The maximum absolute atomic E-state index is 9.44. The van der Waals surface area contributed by atoms with Crippen molar-refractivity contribution in [3.8, 4) is 101 Å². The average molecular weight is 1750 g/mol. The second-order valence-electron chi connectivity index (χ2n) is 29.5. The third-order valence-corrected chi connectivity index (χ3v) is 26.0. The molecule has 117 heavy (non-hydrogen) atoms. The van der Waals surface area contributed by atoms with Crippen LogP contribution in [0.4, 0.5) is 0 Å². The van der Waals surface area contributed by atoms with E-state index in [-0.39, 0.29) is 30.4 Å². The summed E-state index contributed by atoms with van der Waals surface area (Å²) in [5, 5.41) is 18.9. The molecule has 1 saturated heterocycles. The number of fused-ring (bicyclic) bond motifs is 30. The van der Waals surface area contributed by atoms with Gasteiger partial charge < -0.3 is 35.7 Å². The Morgan fingerprint density at radius 1 is 0.350 bits per heavy atom. The Balaban J connectivity index is 0.000000121. The predicted octanol–water partition coefficient (Wildman–Crippen LogP) is 23.0. The molecule has 6 nitrogen and oxygen atoms in total. The van der Waals surface area contributed by atoms with E-state index in [1.54, 1.807) is 0 Å². The number of hydrogen-bond acceptors (Lipinski definition) is 6. The zero-order chi connectivity index (χ0) is 79.9. The van der Waals surface area contributed by atoms with E-state index in [0.717, 1.165) is 61.7 Å². The first kappa shape index (κ1) is 82.3. The minimum absolute atomic E-state index is 0. The summed E-state index contributed by atoms with van der Waals surface area (Å²) in [5.41, 5.74) is 34.3. The first-order valence-corrected chi connectivity index (χ1v) is 42.2. The van der Waals surface area contributed by atoms with Gasteiger partial charge in [0, 0.05) is 43.0 Å². The quantitative estimate of drug-likeness (QED) is 0.0897. The van der Waals surface area contributed by atoms with Crippen LogP contribution < -0.4 is 28.2 Å². The fourth-order valence-corrected chi connectivity index (χ4v) is 19.7. The van der Waals surface area contributed by atoms with Crippen LogP contribution in [-0.2, 0) is 25.6 Å². The van der Waals surface area contributed by atoms with Crippen molar-refractivity contribution in [3.05, 3.63) is 432 Å². The van der Waals surface area contributed by atoms with Gasteiger partial charge in [-0.05, 0) is 240 Å². The van der Waals surface area contributed by atoms with E-state index in [1.165, 1.54) is 161 Å². The molecule has 1 fully saturated rings. The molecule has 0 unspecified atom stereocenters. The van der Waals surface area contributed by atoms with Crippen molar-refractivity contribution in [1.82, 2.24) is 0 Å². The van der Waals surface area contributed by atoms with Crippen LogP contribution in [-0.4, -0.2) is 52.8 Å². The van der Waals surface area contributed by atoms with Crippen molar-refractivity contribution < 1.29 is 47.6 Å². The average Bonchev–Trinajstić information content (AvgIpc) is 1.52. The summed E-state index contributed by atoms with van der Waals surface area (Å²) in [6.07, 6.45) is 5.00. The van der Waals surface area contributed by atoms with Gasteiger partial charge in [-0.2, -0.15) is 6.42 Å². The van der Waals surface area contributed by atoms with Crippen LogP contribution in [0.2, 0.25) is 0 Å². The van der Waals surface area contributed by atoms with Crippen molar-refractivity contribution in [1.29, 1.82) is 0 Å². The maximum Gasteiger partial charge on any atom is 1.00 e. The van der Waals surface area contributed by atoms with E-state index >= 15 is 0 Å². The molecule has 0 aromatic heterocycles. The van der Waals surface area contributed by atoms with Crippen LogP contribution >= 0.6 is 54.5 Å². The molecular formula is C104H83B3Br2ILiO6. The van der Waals surface area contributed by atoms with Crippen molar-refractivity contribution in [2.75, 3.05) is 13.2 Å². The zero-order valence-electron chi connectivity index (χ0n) is 65.8. The minimum Gasteiger partial charge on any atom is -0.537 e. The Kier molecular flexibility index (Phi) is 25.8. The predicted molar refractivity (Wildman–Crippen MR) is 493 cm³/mol. The van der Waals surface area contributed by atoms with Gasteiger partial charge in [-0.3, -0.25) is 0 Å². The molecule has 15 aromatic carbocycles. The Hall–Kier alpha value is -9.78. The summed E-state index contributed by atoms with van der Waals surface area (Å²) in [6.45, 7) is 11.5. The van der Waals surface area contributed by atoms with E-state index in [9.17, 15) is 10.0 Å². The Bertz CT molecular complexity index is 5880. The SMILES string of the molecule is Brc1ccccc1-c1cccc2c1C1(c3ccccc3-c3ccccc31)c1ccccc1-2.Brc1ccccc1I.C1CCOC1.O[B]Oc1cccc2c1C1(c3ccccc3-c3ccccc31)c1ccccc1-2.O[B]Oc1ccccc1-c1cccc2c1C1(c3ccccc3-c3ccccc31)c1ccccc1-2.[B]OC(C)C.[CH2-]CCC.[Li+]. The van der Waals surface area contributed by atoms with Crippen molar-refractivity contribution in [2.24, 2.45) is 0 Å². The number of halogens is 3. The molecule has 566 valence electrons. The van der Waals surface area contributed by atoms with E-state index in [4.69, 9.17) is 14.0 Å². The molecular weight excluding hydrogens is 1670 g/mol. The van der Waals surface area contributed by atoms with Crippen LogP contribution in [0.3, 0.4) is 0 Å². The fourth-order valence-electron chi connectivity index (χ4n) is 18.5. The van der Waals surface area contributed by atoms with Gasteiger partial charge in [-0.25, -0.2) is 0 Å². The molecule has 1 heterocycles. The summed E-state index contributed by atoms with van der Waals surface area (Å²) >= 11 is 9.50. The number of rotatable bonds is 8. The number of hydrogen-bond donors (Lipinski definition) is 2. The fraction of sp³-hybridized carbons (Fsp3) is 0.125. The van der Waals surface area contributed by atoms with Crippen LogP contribution in [0.25, 0.3) is 89.0 Å². The van der Waals surface area contributed by atoms with E-state index < -0.39 is 10.8 Å². The molecule has 4 radical (unpaired) electrons. The van der Waals surface area contributed by atoms with Crippen molar-refractivity contribution in [3.63, 3.8) is 0 Å². The summed E-state index contributed by atoms with van der Waals surface area (Å²) in [4.78, 5) is 0. The second kappa shape index (κ2) is 36.6. The Labute approximate surface area is 733 Å². The first-order chi connectivity index (χ1) is 57.0. The van der Waals surface area contributed by atoms with E-state index in [0.29, 0.717) is 11.5 Å². The van der Waals surface area contributed by atoms with Crippen molar-refractivity contribution >= 4 is 77.9 Å².